The number of hydrogen-bond acceptors (Lipinski definition) is 6. The summed E-state index contributed by atoms with van der Waals surface area (Å²) in [6, 6.07) is 0. The monoisotopic (exact) mass is 518 g/mol. The molecule has 0 spiro atoms. The molecule has 37 heavy (non-hydrogen) atoms. The van der Waals surface area contributed by atoms with Crippen molar-refractivity contribution in [2.45, 2.75) is 117 Å². The molecule has 6 nitrogen and oxygen atoms in total. The van der Waals surface area contributed by atoms with Gasteiger partial charge < -0.3 is 25.2 Å². The van der Waals surface area contributed by atoms with E-state index in [2.05, 4.69) is 33.8 Å². The van der Waals surface area contributed by atoms with Gasteiger partial charge >= 0.3 is 5.97 Å². The van der Waals surface area contributed by atoms with Crippen molar-refractivity contribution in [2.75, 3.05) is 7.11 Å². The third-order valence-corrected chi connectivity index (χ3v) is 13.8. The predicted octanol–water partition coefficient (Wildman–Crippen LogP) is 4.23. The van der Waals surface area contributed by atoms with Crippen LogP contribution in [-0.4, -0.2) is 57.4 Å². The Kier molecular flexibility index (Phi) is 6.01. The highest BCUT2D eigenvalue weighted by molar-refractivity contribution is 5.79. The lowest BCUT2D eigenvalue weighted by molar-refractivity contribution is -0.280. The first-order valence-corrected chi connectivity index (χ1v) is 14.5. The molecule has 12 atom stereocenters. The number of esters is 1. The Hall–Kier alpha value is -0.950. The lowest BCUT2D eigenvalue weighted by atomic mass is 9.32. The zero-order chi connectivity index (χ0) is 27.6. The van der Waals surface area contributed by atoms with E-state index in [9.17, 15) is 25.2 Å². The zero-order valence-electron chi connectivity index (χ0n) is 24.2. The van der Waals surface area contributed by atoms with E-state index in [1.807, 2.05) is 20.8 Å². The predicted molar refractivity (Wildman–Crippen MR) is 141 cm³/mol. The quantitative estimate of drug-likeness (QED) is 0.306. The van der Waals surface area contributed by atoms with Gasteiger partial charge in [0.25, 0.3) is 0 Å². The Morgan fingerprint density at radius 1 is 0.919 bits per heavy atom. The van der Waals surface area contributed by atoms with Crippen LogP contribution in [0.2, 0.25) is 0 Å². The number of aliphatic hydroxyl groups excluding tert-OH is 3. The lowest BCUT2D eigenvalue weighted by Gasteiger charge is -2.72. The van der Waals surface area contributed by atoms with Gasteiger partial charge in [-0.3, -0.25) is 4.79 Å². The Bertz CT molecular complexity index is 1000. The second-order valence-corrected chi connectivity index (χ2v) is 15.1. The minimum atomic E-state index is -1.19. The molecule has 4 N–H and O–H groups in total. The van der Waals surface area contributed by atoms with Crippen molar-refractivity contribution >= 4 is 5.97 Å². The number of ether oxygens (including phenoxy) is 1. The number of rotatable bonds is 1. The van der Waals surface area contributed by atoms with Crippen LogP contribution in [0, 0.1) is 50.7 Å². The summed E-state index contributed by atoms with van der Waals surface area (Å²) in [5.74, 6) is -0.272. The van der Waals surface area contributed by atoms with Crippen LogP contribution < -0.4 is 0 Å². The smallest absolute Gasteiger partial charge is 0.312 e. The van der Waals surface area contributed by atoms with Crippen molar-refractivity contribution in [1.29, 1.82) is 0 Å². The van der Waals surface area contributed by atoms with Gasteiger partial charge in [0.05, 0.1) is 30.3 Å². The van der Waals surface area contributed by atoms with Crippen LogP contribution in [0.15, 0.2) is 11.6 Å². The first-order chi connectivity index (χ1) is 17.0. The molecule has 0 bridgehead atoms. The Morgan fingerprint density at radius 2 is 1.57 bits per heavy atom. The maximum absolute atomic E-state index is 13.4. The van der Waals surface area contributed by atoms with E-state index in [1.54, 1.807) is 0 Å². The van der Waals surface area contributed by atoms with Crippen molar-refractivity contribution in [3.63, 3.8) is 0 Å². The van der Waals surface area contributed by atoms with Gasteiger partial charge in [-0.15, -0.1) is 0 Å². The molecular formula is C31H50O6. The number of hydrogen-bond donors (Lipinski definition) is 4. The SMILES string of the molecule is COC(=O)[C@]12CC[C@@H](C)[C@@](C)(O)[C@H]1C1=CC[C@@H]3[C@@]4(C)[C@@H](O)[C@@H](O)[C@H](O)C(C)(C)[C@@H]4CC[C@@]3(C)[C@]1(C)CC2. The average molecular weight is 519 g/mol. The molecule has 0 radical (unpaired) electrons. The van der Waals surface area contributed by atoms with E-state index in [4.69, 9.17) is 4.74 Å². The largest absolute Gasteiger partial charge is 0.469 e. The summed E-state index contributed by atoms with van der Waals surface area (Å²) in [5, 5.41) is 45.6. The number of fused-ring (bicyclic) bond motifs is 7. The summed E-state index contributed by atoms with van der Waals surface area (Å²) < 4.78 is 5.41. The Balaban J connectivity index is 1.67. The molecule has 0 unspecified atom stereocenters. The van der Waals surface area contributed by atoms with Crippen LogP contribution in [0.5, 0.6) is 0 Å². The zero-order valence-corrected chi connectivity index (χ0v) is 24.2. The first kappa shape index (κ1) is 27.6. The number of methoxy groups -OCH3 is 1. The van der Waals surface area contributed by atoms with Gasteiger partial charge in [0, 0.05) is 11.3 Å². The van der Waals surface area contributed by atoms with Crippen molar-refractivity contribution in [2.24, 2.45) is 50.7 Å². The van der Waals surface area contributed by atoms with E-state index in [0.29, 0.717) is 6.42 Å². The van der Waals surface area contributed by atoms with Gasteiger partial charge in [0.2, 0.25) is 0 Å². The summed E-state index contributed by atoms with van der Waals surface area (Å²) in [6.07, 6.45) is 4.69. The topological polar surface area (TPSA) is 107 Å². The number of carbonyl (C=O) groups is 1. The third kappa shape index (κ3) is 3.05. The average Bonchev–Trinajstić information content (AvgIpc) is 2.84. The van der Waals surface area contributed by atoms with Gasteiger partial charge in [-0.25, -0.2) is 0 Å². The summed E-state index contributed by atoms with van der Waals surface area (Å²) in [6.45, 7) is 14.9. The fourth-order valence-corrected chi connectivity index (χ4v) is 11.1. The second-order valence-electron chi connectivity index (χ2n) is 15.1. The molecule has 0 aliphatic heterocycles. The fourth-order valence-electron chi connectivity index (χ4n) is 11.1. The van der Waals surface area contributed by atoms with E-state index in [-0.39, 0.29) is 40.5 Å². The van der Waals surface area contributed by atoms with Crippen molar-refractivity contribution < 1.29 is 30.0 Å². The normalized spacial score (nSPS) is 56.6. The molecule has 5 aliphatic rings. The number of aliphatic hydroxyl groups is 4. The minimum absolute atomic E-state index is 0.0647. The van der Waals surface area contributed by atoms with E-state index in [0.717, 1.165) is 38.5 Å². The van der Waals surface area contributed by atoms with Crippen LogP contribution in [0.3, 0.4) is 0 Å². The van der Waals surface area contributed by atoms with Gasteiger partial charge in [-0.05, 0) is 85.9 Å². The fraction of sp³-hybridized carbons (Fsp3) is 0.903. The molecule has 4 saturated carbocycles. The van der Waals surface area contributed by atoms with Gasteiger partial charge in [0.1, 0.15) is 6.10 Å². The van der Waals surface area contributed by atoms with Crippen LogP contribution in [0.1, 0.15) is 93.4 Å². The third-order valence-electron chi connectivity index (χ3n) is 13.8. The lowest BCUT2D eigenvalue weighted by Crippen LogP contribution is -2.72. The van der Waals surface area contributed by atoms with Gasteiger partial charge in [-0.2, -0.15) is 0 Å². The van der Waals surface area contributed by atoms with E-state index >= 15 is 0 Å². The highest BCUT2D eigenvalue weighted by Gasteiger charge is 2.73. The summed E-state index contributed by atoms with van der Waals surface area (Å²) >= 11 is 0. The van der Waals surface area contributed by atoms with E-state index < -0.39 is 40.2 Å². The second kappa shape index (κ2) is 8.05. The molecule has 0 aromatic rings. The van der Waals surface area contributed by atoms with E-state index in [1.165, 1.54) is 12.7 Å². The van der Waals surface area contributed by atoms with Crippen molar-refractivity contribution in [3.8, 4) is 0 Å². The number of carbonyl (C=O) groups excluding carboxylic acids is 1. The highest BCUT2D eigenvalue weighted by atomic mass is 16.5. The summed E-state index contributed by atoms with van der Waals surface area (Å²) in [5.41, 5.74) is -2.09. The summed E-state index contributed by atoms with van der Waals surface area (Å²) in [4.78, 5) is 13.4. The molecule has 6 heteroatoms. The molecule has 0 aromatic heterocycles. The minimum Gasteiger partial charge on any atom is -0.469 e. The standard InChI is InChI=1S/C31H50O6/c1-17-11-14-31(25(35)37-8)16-15-27(4)18(22(31)30(17,7)36)9-10-20-28(27,5)13-12-19-26(2,3)23(33)21(32)24(34)29(19,20)6/h9,17,19-24,32-34,36H,10-16H2,1-8H3/t17-,19+,20+,21+,22-,23+,24+,27-,28-,29+,30-,31+/m1/s1. The van der Waals surface area contributed by atoms with Crippen molar-refractivity contribution in [1.82, 2.24) is 0 Å². The molecule has 0 heterocycles. The maximum atomic E-state index is 13.4. The maximum Gasteiger partial charge on any atom is 0.312 e. The van der Waals surface area contributed by atoms with Crippen LogP contribution >= 0.6 is 0 Å². The first-order valence-electron chi connectivity index (χ1n) is 14.5. The van der Waals surface area contributed by atoms with Gasteiger partial charge in [0.15, 0.2) is 0 Å². The molecule has 5 aliphatic carbocycles. The molecule has 4 fully saturated rings. The summed E-state index contributed by atoms with van der Waals surface area (Å²) in [7, 11) is 1.47. The Morgan fingerprint density at radius 3 is 2.19 bits per heavy atom. The van der Waals surface area contributed by atoms with Crippen LogP contribution in [0.4, 0.5) is 0 Å². The molecule has 0 saturated heterocycles. The van der Waals surface area contributed by atoms with Crippen LogP contribution in [-0.2, 0) is 9.53 Å². The molecule has 5 rings (SSSR count). The molecule has 0 aromatic carbocycles. The highest BCUT2D eigenvalue weighted by Crippen LogP contribution is 2.76. The Labute approximate surface area is 222 Å². The molecule has 210 valence electrons. The number of allylic oxidation sites excluding steroid dienone is 1. The van der Waals surface area contributed by atoms with Crippen molar-refractivity contribution in [3.05, 3.63) is 11.6 Å². The molecular weight excluding hydrogens is 468 g/mol. The molecule has 0 amide bonds. The van der Waals surface area contributed by atoms with Crippen LogP contribution in [0.25, 0.3) is 0 Å². The van der Waals surface area contributed by atoms with Gasteiger partial charge in [-0.1, -0.05) is 53.2 Å².